The molecule has 0 fully saturated rings. The van der Waals surface area contributed by atoms with Gasteiger partial charge in [-0.2, -0.15) is 0 Å². The van der Waals surface area contributed by atoms with Gasteiger partial charge in [0.2, 0.25) is 0 Å². The second-order valence-electron chi connectivity index (χ2n) is 2.98. The Morgan fingerprint density at radius 2 is 2.20 bits per heavy atom. The number of fused-ring (bicyclic) bond motifs is 1. The smallest absolute Gasteiger partial charge is 0.157 e. The first kappa shape index (κ1) is 10.5. The maximum absolute atomic E-state index is 10.6. The highest BCUT2D eigenvalue weighted by molar-refractivity contribution is 7.78. The zero-order valence-corrected chi connectivity index (χ0v) is 9.13. The molecule has 1 N–H and O–H groups in total. The highest BCUT2D eigenvalue weighted by Crippen LogP contribution is 2.20. The highest BCUT2D eigenvalue weighted by atomic mass is 35.5. The Morgan fingerprint density at radius 1 is 1.40 bits per heavy atom. The van der Waals surface area contributed by atoms with Crippen LogP contribution in [0.5, 0.6) is 0 Å². The van der Waals surface area contributed by atoms with Crippen LogP contribution in [0.3, 0.4) is 0 Å². The van der Waals surface area contributed by atoms with Crippen molar-refractivity contribution in [2.24, 2.45) is 0 Å². The second kappa shape index (κ2) is 4.22. The van der Waals surface area contributed by atoms with Crippen LogP contribution in [0.25, 0.3) is 10.9 Å². The Kier molecular flexibility index (Phi) is 2.95. The molecule has 0 aliphatic heterocycles. The lowest BCUT2D eigenvalue weighted by molar-refractivity contribution is 0.563. The molecular weight excluding hydrogens is 236 g/mol. The first-order valence-electron chi connectivity index (χ1n) is 4.13. The predicted octanol–water partition coefficient (Wildman–Crippen LogP) is 2.00. The lowest BCUT2D eigenvalue weighted by atomic mass is 10.2. The largest absolute Gasteiger partial charge is 0.306 e. The second-order valence-corrected chi connectivity index (χ2v) is 4.27. The van der Waals surface area contributed by atoms with Crippen molar-refractivity contribution in [3.05, 3.63) is 35.2 Å². The molecule has 1 heterocycles. The fraction of sp³-hybridized carbons (Fsp3) is 0.111. The normalized spacial score (nSPS) is 12.9. The molecule has 0 saturated carbocycles. The van der Waals surface area contributed by atoms with Gasteiger partial charge in [0.25, 0.3) is 0 Å². The van der Waals surface area contributed by atoms with Crippen LogP contribution in [-0.4, -0.2) is 18.7 Å². The summed E-state index contributed by atoms with van der Waals surface area (Å²) in [5.41, 5.74) is 1.46. The van der Waals surface area contributed by atoms with E-state index in [1.807, 2.05) is 0 Å². The van der Waals surface area contributed by atoms with Gasteiger partial charge in [-0.05, 0) is 17.7 Å². The highest BCUT2D eigenvalue weighted by Gasteiger charge is 2.04. The molecule has 0 aliphatic carbocycles. The van der Waals surface area contributed by atoms with Crippen molar-refractivity contribution in [3.63, 3.8) is 0 Å². The predicted molar refractivity (Wildman–Crippen MR) is 59.0 cm³/mol. The van der Waals surface area contributed by atoms with Gasteiger partial charge in [0, 0.05) is 5.39 Å². The van der Waals surface area contributed by atoms with Crippen LogP contribution < -0.4 is 0 Å². The van der Waals surface area contributed by atoms with Crippen LogP contribution >= 0.6 is 11.6 Å². The van der Waals surface area contributed by atoms with Crippen molar-refractivity contribution in [3.8, 4) is 0 Å². The summed E-state index contributed by atoms with van der Waals surface area (Å²) in [6.07, 6.45) is 1.38. The topological polar surface area (TPSA) is 63.1 Å². The van der Waals surface area contributed by atoms with E-state index in [0.29, 0.717) is 10.5 Å². The Bertz CT molecular complexity index is 533. The van der Waals surface area contributed by atoms with Gasteiger partial charge in [-0.3, -0.25) is 0 Å². The van der Waals surface area contributed by atoms with Crippen LogP contribution in [0, 0.1) is 0 Å². The van der Waals surface area contributed by atoms with E-state index in [1.165, 1.54) is 6.33 Å². The standard InChI is InChI=1S/C9H7ClN2O2S/c10-9-7-3-6(4-15(13)14)1-2-8(7)11-5-12-9/h1-3,5H,4H2,(H,13,14). The van der Waals surface area contributed by atoms with Crippen LogP contribution in [-0.2, 0) is 16.8 Å². The summed E-state index contributed by atoms with van der Waals surface area (Å²) < 4.78 is 19.4. The Labute approximate surface area is 93.6 Å². The summed E-state index contributed by atoms with van der Waals surface area (Å²) in [5.74, 6) is 0.0845. The molecule has 2 aromatic rings. The molecule has 0 amide bonds. The van der Waals surface area contributed by atoms with E-state index in [-0.39, 0.29) is 5.75 Å². The van der Waals surface area contributed by atoms with E-state index in [0.717, 1.165) is 11.1 Å². The fourth-order valence-electron chi connectivity index (χ4n) is 1.30. The minimum Gasteiger partial charge on any atom is -0.306 e. The van der Waals surface area contributed by atoms with Crippen molar-refractivity contribution in [1.29, 1.82) is 0 Å². The minimum absolute atomic E-state index is 0.0845. The van der Waals surface area contributed by atoms with E-state index >= 15 is 0 Å². The molecule has 15 heavy (non-hydrogen) atoms. The van der Waals surface area contributed by atoms with E-state index in [1.54, 1.807) is 18.2 Å². The SMILES string of the molecule is O=S(O)Cc1ccc2ncnc(Cl)c2c1. The van der Waals surface area contributed by atoms with E-state index in [2.05, 4.69) is 9.97 Å². The van der Waals surface area contributed by atoms with Gasteiger partial charge in [0.15, 0.2) is 11.1 Å². The molecule has 0 saturated heterocycles. The van der Waals surface area contributed by atoms with Gasteiger partial charge >= 0.3 is 0 Å². The first-order valence-corrected chi connectivity index (χ1v) is 5.79. The molecule has 4 nitrogen and oxygen atoms in total. The van der Waals surface area contributed by atoms with Gasteiger partial charge in [0.1, 0.15) is 11.5 Å². The number of hydrogen-bond donors (Lipinski definition) is 1. The molecule has 0 bridgehead atoms. The number of benzene rings is 1. The summed E-state index contributed by atoms with van der Waals surface area (Å²) in [5, 5.41) is 1.05. The molecule has 1 aromatic carbocycles. The molecule has 1 aromatic heterocycles. The van der Waals surface area contributed by atoms with Gasteiger partial charge in [-0.1, -0.05) is 17.7 Å². The summed E-state index contributed by atoms with van der Waals surface area (Å²) >= 11 is 4.03. The minimum atomic E-state index is -1.85. The number of aromatic nitrogens is 2. The number of hydrogen-bond acceptors (Lipinski definition) is 3. The summed E-state index contributed by atoms with van der Waals surface area (Å²) in [7, 11) is 0. The third-order valence-corrected chi connectivity index (χ3v) is 2.82. The van der Waals surface area contributed by atoms with Gasteiger partial charge in [0.05, 0.1) is 11.3 Å². The molecule has 0 radical (unpaired) electrons. The average Bonchev–Trinajstić information content (AvgIpc) is 2.18. The van der Waals surface area contributed by atoms with Crippen molar-refractivity contribution < 1.29 is 8.76 Å². The molecule has 0 spiro atoms. The maximum Gasteiger partial charge on any atom is 0.157 e. The molecule has 1 unspecified atom stereocenters. The lowest BCUT2D eigenvalue weighted by Crippen LogP contribution is -1.93. The lowest BCUT2D eigenvalue weighted by Gasteiger charge is -2.01. The van der Waals surface area contributed by atoms with Crippen molar-refractivity contribution in [1.82, 2.24) is 9.97 Å². The molecule has 1 atom stereocenters. The molecule has 78 valence electrons. The van der Waals surface area contributed by atoms with Gasteiger partial charge in [-0.15, -0.1) is 0 Å². The first-order chi connectivity index (χ1) is 7.16. The summed E-state index contributed by atoms with van der Waals surface area (Å²) in [4.78, 5) is 7.87. The summed E-state index contributed by atoms with van der Waals surface area (Å²) in [6.45, 7) is 0. The Morgan fingerprint density at radius 3 is 2.93 bits per heavy atom. The average molecular weight is 243 g/mol. The zero-order valence-electron chi connectivity index (χ0n) is 7.55. The fourth-order valence-corrected chi connectivity index (χ4v) is 1.96. The monoisotopic (exact) mass is 242 g/mol. The van der Waals surface area contributed by atoms with Crippen molar-refractivity contribution >= 4 is 33.6 Å². The third kappa shape index (κ3) is 2.31. The number of halogens is 1. The molecule has 2 rings (SSSR count). The van der Waals surface area contributed by atoms with Gasteiger partial charge in [-0.25, -0.2) is 14.2 Å². The van der Waals surface area contributed by atoms with Crippen LogP contribution in [0.2, 0.25) is 5.15 Å². The Balaban J connectivity index is 2.54. The van der Waals surface area contributed by atoms with Crippen LogP contribution in [0.1, 0.15) is 5.56 Å². The number of nitrogens with zero attached hydrogens (tertiary/aromatic N) is 2. The zero-order chi connectivity index (χ0) is 10.8. The third-order valence-electron chi connectivity index (χ3n) is 1.94. The van der Waals surface area contributed by atoms with E-state index in [9.17, 15) is 4.21 Å². The Hall–Kier alpha value is -1.04. The number of rotatable bonds is 2. The quantitative estimate of drug-likeness (QED) is 0.646. The van der Waals surface area contributed by atoms with Crippen LogP contribution in [0.15, 0.2) is 24.5 Å². The van der Waals surface area contributed by atoms with E-state index < -0.39 is 11.1 Å². The van der Waals surface area contributed by atoms with E-state index in [4.69, 9.17) is 16.2 Å². The maximum atomic E-state index is 10.6. The molecule has 0 aliphatic rings. The van der Waals surface area contributed by atoms with Crippen molar-refractivity contribution in [2.45, 2.75) is 5.75 Å². The van der Waals surface area contributed by atoms with Gasteiger partial charge < -0.3 is 4.55 Å². The van der Waals surface area contributed by atoms with Crippen molar-refractivity contribution in [2.75, 3.05) is 0 Å². The molecule has 6 heteroatoms. The van der Waals surface area contributed by atoms with Crippen LogP contribution in [0.4, 0.5) is 0 Å². The summed E-state index contributed by atoms with van der Waals surface area (Å²) in [6, 6.07) is 5.23. The molecular formula is C9H7ClN2O2S.